The number of nitrogens with zero attached hydrogens (tertiary/aromatic N) is 1. The third kappa shape index (κ3) is 3.45. The van der Waals surface area contributed by atoms with Crippen LogP contribution in [0, 0.1) is 6.92 Å². The molecule has 7 heteroatoms. The standard InChI is InChI=1S/C19H15ClN2O4/c1-11-16(17(22-26-11)14-8-3-4-9-15(14)20)18(23)21-13-7-5-6-12(10-13)19(24)25-2/h3-10H,1-2H3,(H,21,23). The number of rotatable bonds is 4. The molecule has 6 nitrogen and oxygen atoms in total. The van der Waals surface area contributed by atoms with Crippen LogP contribution in [-0.4, -0.2) is 24.1 Å². The van der Waals surface area contributed by atoms with Crippen LogP contribution < -0.4 is 5.32 Å². The molecule has 0 aliphatic heterocycles. The van der Waals surface area contributed by atoms with E-state index in [9.17, 15) is 9.59 Å². The Morgan fingerprint density at radius 2 is 1.92 bits per heavy atom. The molecule has 0 aliphatic rings. The van der Waals surface area contributed by atoms with Crippen molar-refractivity contribution in [1.82, 2.24) is 5.16 Å². The molecule has 0 bridgehead atoms. The number of nitrogens with one attached hydrogen (secondary N) is 1. The van der Waals surface area contributed by atoms with Gasteiger partial charge in [0, 0.05) is 11.3 Å². The van der Waals surface area contributed by atoms with Gasteiger partial charge in [-0.1, -0.05) is 41.0 Å². The molecule has 3 rings (SSSR count). The summed E-state index contributed by atoms with van der Waals surface area (Å²) in [6, 6.07) is 13.5. The van der Waals surface area contributed by atoms with E-state index in [4.69, 9.17) is 16.1 Å². The van der Waals surface area contributed by atoms with E-state index in [0.29, 0.717) is 33.3 Å². The average molecular weight is 371 g/mol. The number of amides is 1. The van der Waals surface area contributed by atoms with Crippen LogP contribution in [0.3, 0.4) is 0 Å². The van der Waals surface area contributed by atoms with Gasteiger partial charge in [-0.3, -0.25) is 4.79 Å². The van der Waals surface area contributed by atoms with Gasteiger partial charge in [-0.05, 0) is 31.2 Å². The number of esters is 1. The summed E-state index contributed by atoms with van der Waals surface area (Å²) in [5.74, 6) is -0.541. The number of ether oxygens (including phenoxy) is 1. The molecule has 0 saturated carbocycles. The topological polar surface area (TPSA) is 81.4 Å². The largest absolute Gasteiger partial charge is 0.465 e. The van der Waals surface area contributed by atoms with Crippen molar-refractivity contribution in [3.05, 3.63) is 70.4 Å². The number of carbonyl (C=O) groups is 2. The van der Waals surface area contributed by atoms with Crippen molar-refractivity contribution < 1.29 is 18.8 Å². The zero-order chi connectivity index (χ0) is 18.7. The maximum Gasteiger partial charge on any atom is 0.337 e. The highest BCUT2D eigenvalue weighted by Crippen LogP contribution is 2.31. The molecule has 0 aliphatic carbocycles. The second-order valence-corrected chi connectivity index (χ2v) is 5.88. The molecule has 0 saturated heterocycles. The third-order valence-electron chi connectivity index (χ3n) is 3.76. The van der Waals surface area contributed by atoms with Gasteiger partial charge in [0.05, 0.1) is 17.7 Å². The summed E-state index contributed by atoms with van der Waals surface area (Å²) in [5, 5.41) is 7.18. The number of benzene rings is 2. The van der Waals surface area contributed by atoms with Gasteiger partial charge < -0.3 is 14.6 Å². The molecule has 1 heterocycles. The van der Waals surface area contributed by atoms with Gasteiger partial charge in [0.1, 0.15) is 17.0 Å². The molecule has 1 aromatic heterocycles. The van der Waals surface area contributed by atoms with Crippen molar-refractivity contribution >= 4 is 29.2 Å². The van der Waals surface area contributed by atoms with Crippen molar-refractivity contribution in [3.63, 3.8) is 0 Å². The Labute approximate surface area is 154 Å². The smallest absolute Gasteiger partial charge is 0.337 e. The quantitative estimate of drug-likeness (QED) is 0.691. The van der Waals surface area contributed by atoms with Crippen LogP contribution in [0.5, 0.6) is 0 Å². The molecular formula is C19H15ClN2O4. The van der Waals surface area contributed by atoms with E-state index < -0.39 is 11.9 Å². The number of hydrogen-bond acceptors (Lipinski definition) is 5. The predicted molar refractivity (Wildman–Crippen MR) is 97.4 cm³/mol. The van der Waals surface area contributed by atoms with Crippen LogP contribution in [0.4, 0.5) is 5.69 Å². The van der Waals surface area contributed by atoms with Crippen molar-refractivity contribution in [2.24, 2.45) is 0 Å². The monoisotopic (exact) mass is 370 g/mol. The summed E-state index contributed by atoms with van der Waals surface area (Å²) in [6.07, 6.45) is 0. The molecule has 0 fully saturated rings. The minimum Gasteiger partial charge on any atom is -0.465 e. The summed E-state index contributed by atoms with van der Waals surface area (Å²) >= 11 is 6.21. The lowest BCUT2D eigenvalue weighted by atomic mass is 10.1. The zero-order valence-electron chi connectivity index (χ0n) is 14.1. The van der Waals surface area contributed by atoms with Gasteiger partial charge in [0.2, 0.25) is 0 Å². The molecule has 26 heavy (non-hydrogen) atoms. The second-order valence-electron chi connectivity index (χ2n) is 5.47. The van der Waals surface area contributed by atoms with Crippen molar-refractivity contribution in [1.29, 1.82) is 0 Å². The first-order chi connectivity index (χ1) is 12.5. The lowest BCUT2D eigenvalue weighted by Crippen LogP contribution is -2.14. The number of halogens is 1. The highest BCUT2D eigenvalue weighted by Gasteiger charge is 2.23. The van der Waals surface area contributed by atoms with Gasteiger partial charge in [-0.15, -0.1) is 0 Å². The molecule has 1 amide bonds. The third-order valence-corrected chi connectivity index (χ3v) is 4.09. The Hall–Kier alpha value is -3.12. The lowest BCUT2D eigenvalue weighted by molar-refractivity contribution is 0.0600. The van der Waals surface area contributed by atoms with Crippen molar-refractivity contribution in [2.45, 2.75) is 6.92 Å². The molecule has 0 radical (unpaired) electrons. The normalized spacial score (nSPS) is 10.4. The minimum absolute atomic E-state index is 0.279. The molecule has 132 valence electrons. The summed E-state index contributed by atoms with van der Waals surface area (Å²) in [5.41, 5.74) is 2.01. The van der Waals surface area contributed by atoms with Crippen molar-refractivity contribution in [3.8, 4) is 11.3 Å². The minimum atomic E-state index is -0.487. The molecule has 0 unspecified atom stereocenters. The van der Waals surface area contributed by atoms with Gasteiger partial charge in [-0.2, -0.15) is 0 Å². The van der Waals surface area contributed by atoms with Crippen LogP contribution in [0.15, 0.2) is 53.1 Å². The Balaban J connectivity index is 1.94. The summed E-state index contributed by atoms with van der Waals surface area (Å²) in [4.78, 5) is 24.4. The number of methoxy groups -OCH3 is 1. The first-order valence-electron chi connectivity index (χ1n) is 7.72. The van der Waals surface area contributed by atoms with E-state index >= 15 is 0 Å². The molecule has 0 spiro atoms. The predicted octanol–water partition coefficient (Wildman–Crippen LogP) is 4.34. The maximum atomic E-state index is 12.8. The molecule has 2 aromatic carbocycles. The molecule has 3 aromatic rings. The van der Waals surface area contributed by atoms with Crippen LogP contribution in [0.1, 0.15) is 26.5 Å². The maximum absolute atomic E-state index is 12.8. The second kappa shape index (κ2) is 7.41. The fraction of sp³-hybridized carbons (Fsp3) is 0.105. The lowest BCUT2D eigenvalue weighted by Gasteiger charge is -2.08. The van der Waals surface area contributed by atoms with Gasteiger partial charge in [0.25, 0.3) is 5.91 Å². The number of anilines is 1. The first kappa shape index (κ1) is 17.7. The number of aryl methyl sites for hydroxylation is 1. The average Bonchev–Trinajstić information content (AvgIpc) is 3.03. The Bertz CT molecular complexity index is 981. The number of carbonyl (C=O) groups excluding carboxylic acids is 2. The van der Waals surface area contributed by atoms with Crippen LogP contribution in [0.2, 0.25) is 5.02 Å². The van der Waals surface area contributed by atoms with E-state index in [1.54, 1.807) is 49.4 Å². The van der Waals surface area contributed by atoms with E-state index in [-0.39, 0.29) is 5.56 Å². The highest BCUT2D eigenvalue weighted by molar-refractivity contribution is 6.33. The molecule has 0 atom stereocenters. The van der Waals surface area contributed by atoms with Gasteiger partial charge >= 0.3 is 5.97 Å². The fourth-order valence-electron chi connectivity index (χ4n) is 2.51. The van der Waals surface area contributed by atoms with Gasteiger partial charge in [0.15, 0.2) is 0 Å². The molecular weight excluding hydrogens is 356 g/mol. The molecule has 1 N–H and O–H groups in total. The van der Waals surface area contributed by atoms with Crippen molar-refractivity contribution in [2.75, 3.05) is 12.4 Å². The van der Waals surface area contributed by atoms with Crippen LogP contribution in [-0.2, 0) is 4.74 Å². The zero-order valence-corrected chi connectivity index (χ0v) is 14.8. The highest BCUT2D eigenvalue weighted by atomic mass is 35.5. The summed E-state index contributed by atoms with van der Waals surface area (Å²) < 4.78 is 9.89. The number of hydrogen-bond donors (Lipinski definition) is 1. The summed E-state index contributed by atoms with van der Waals surface area (Å²) in [6.45, 7) is 1.65. The van der Waals surface area contributed by atoms with E-state index in [2.05, 4.69) is 15.2 Å². The Morgan fingerprint density at radius 3 is 2.65 bits per heavy atom. The fourth-order valence-corrected chi connectivity index (χ4v) is 2.74. The Kier molecular flexibility index (Phi) is 5.04. The first-order valence-corrected chi connectivity index (χ1v) is 8.10. The van der Waals surface area contributed by atoms with E-state index in [1.807, 2.05) is 0 Å². The summed E-state index contributed by atoms with van der Waals surface area (Å²) in [7, 11) is 1.30. The van der Waals surface area contributed by atoms with E-state index in [0.717, 1.165) is 0 Å². The SMILES string of the molecule is COC(=O)c1cccc(NC(=O)c2c(-c3ccccc3Cl)noc2C)c1. The van der Waals surface area contributed by atoms with E-state index in [1.165, 1.54) is 13.2 Å². The number of aromatic nitrogens is 1. The Morgan fingerprint density at radius 1 is 1.15 bits per heavy atom. The van der Waals surface area contributed by atoms with Crippen LogP contribution >= 0.6 is 11.6 Å². The van der Waals surface area contributed by atoms with Crippen LogP contribution in [0.25, 0.3) is 11.3 Å². The van der Waals surface area contributed by atoms with Gasteiger partial charge in [-0.25, -0.2) is 4.79 Å².